The summed E-state index contributed by atoms with van der Waals surface area (Å²) in [5.74, 6) is 0. The molecule has 1 aliphatic rings. The third-order valence-corrected chi connectivity index (χ3v) is 6.32. The van der Waals surface area contributed by atoms with Crippen molar-refractivity contribution in [2.24, 2.45) is 0 Å². The maximum Gasteiger partial charge on any atom is 0.250 e. The average molecular weight is 320 g/mol. The average Bonchev–Trinajstić information content (AvgIpc) is 3.07. The first-order chi connectivity index (χ1) is 9.51. The Kier molecular flexibility index (Phi) is 5.16. The summed E-state index contributed by atoms with van der Waals surface area (Å²) in [7, 11) is -0.0778. The molecule has 0 aliphatic carbocycles. The second kappa shape index (κ2) is 6.50. The topological polar surface area (TPSA) is 76.7 Å². The highest BCUT2D eigenvalue weighted by molar-refractivity contribution is 7.91. The van der Waals surface area contributed by atoms with Crippen LogP contribution in [0.25, 0.3) is 0 Å². The SMILES string of the molecule is CNCc1ccc(S(=O)(=O)NCC2(OC)CCOC2)s1. The fraction of sp³-hybridized carbons (Fsp3) is 0.667. The minimum atomic E-state index is -3.49. The van der Waals surface area contributed by atoms with Gasteiger partial charge in [0.05, 0.1) is 6.61 Å². The first-order valence-electron chi connectivity index (χ1n) is 6.37. The van der Waals surface area contributed by atoms with Gasteiger partial charge in [-0.05, 0) is 19.2 Å². The molecule has 20 heavy (non-hydrogen) atoms. The lowest BCUT2D eigenvalue weighted by Crippen LogP contribution is -2.44. The highest BCUT2D eigenvalue weighted by Gasteiger charge is 2.36. The van der Waals surface area contributed by atoms with E-state index >= 15 is 0 Å². The second-order valence-electron chi connectivity index (χ2n) is 4.77. The molecule has 2 heterocycles. The van der Waals surface area contributed by atoms with Gasteiger partial charge in [-0.3, -0.25) is 0 Å². The number of sulfonamides is 1. The molecular weight excluding hydrogens is 300 g/mol. The van der Waals surface area contributed by atoms with Gasteiger partial charge >= 0.3 is 0 Å². The lowest BCUT2D eigenvalue weighted by molar-refractivity contribution is -0.0120. The number of nitrogens with one attached hydrogen (secondary N) is 2. The van der Waals surface area contributed by atoms with Crippen molar-refractivity contribution in [1.29, 1.82) is 0 Å². The molecule has 0 radical (unpaired) electrons. The third kappa shape index (κ3) is 3.57. The van der Waals surface area contributed by atoms with Crippen molar-refractivity contribution in [2.45, 2.75) is 22.8 Å². The zero-order valence-corrected chi connectivity index (χ0v) is 13.3. The summed E-state index contributed by atoms with van der Waals surface area (Å²) < 4.78 is 38.2. The Morgan fingerprint density at radius 2 is 2.30 bits per heavy atom. The molecule has 0 spiro atoms. The van der Waals surface area contributed by atoms with Crippen LogP contribution in [0.4, 0.5) is 0 Å². The van der Waals surface area contributed by atoms with E-state index in [4.69, 9.17) is 9.47 Å². The summed E-state index contributed by atoms with van der Waals surface area (Å²) in [6, 6.07) is 3.45. The number of thiophene rings is 1. The summed E-state index contributed by atoms with van der Waals surface area (Å²) in [6.45, 7) is 1.91. The van der Waals surface area contributed by atoms with Crippen molar-refractivity contribution in [3.8, 4) is 0 Å². The Morgan fingerprint density at radius 3 is 2.90 bits per heavy atom. The van der Waals surface area contributed by atoms with Crippen molar-refractivity contribution in [2.75, 3.05) is 33.9 Å². The quantitative estimate of drug-likeness (QED) is 0.767. The van der Waals surface area contributed by atoms with Crippen molar-refractivity contribution < 1.29 is 17.9 Å². The Morgan fingerprint density at radius 1 is 1.50 bits per heavy atom. The molecule has 1 fully saturated rings. The zero-order valence-electron chi connectivity index (χ0n) is 11.6. The Labute approximate surface area is 123 Å². The molecule has 1 unspecified atom stereocenters. The van der Waals surface area contributed by atoms with Crippen molar-refractivity contribution in [1.82, 2.24) is 10.0 Å². The third-order valence-electron chi connectivity index (χ3n) is 3.34. The van der Waals surface area contributed by atoms with E-state index in [2.05, 4.69) is 10.0 Å². The van der Waals surface area contributed by atoms with Crippen LogP contribution in [-0.4, -0.2) is 47.9 Å². The number of methoxy groups -OCH3 is 1. The van der Waals surface area contributed by atoms with E-state index in [1.165, 1.54) is 11.3 Å². The minimum absolute atomic E-state index is 0.227. The first kappa shape index (κ1) is 15.9. The largest absolute Gasteiger partial charge is 0.378 e. The summed E-state index contributed by atoms with van der Waals surface area (Å²) in [4.78, 5) is 0.985. The van der Waals surface area contributed by atoms with E-state index in [0.717, 1.165) is 4.88 Å². The molecule has 1 aliphatic heterocycles. The Balaban J connectivity index is 2.03. The summed E-state index contributed by atoms with van der Waals surface area (Å²) >= 11 is 1.27. The number of hydrogen-bond acceptors (Lipinski definition) is 6. The summed E-state index contributed by atoms with van der Waals surface area (Å²) in [5, 5.41) is 3.00. The first-order valence-corrected chi connectivity index (χ1v) is 8.67. The van der Waals surface area contributed by atoms with Crippen LogP contribution < -0.4 is 10.0 Å². The molecule has 0 bridgehead atoms. The molecule has 0 aromatic carbocycles. The normalized spacial score (nSPS) is 23.3. The van der Waals surface area contributed by atoms with Gasteiger partial charge in [0.2, 0.25) is 10.0 Å². The Bertz CT molecular complexity index is 535. The predicted molar refractivity (Wildman–Crippen MR) is 77.4 cm³/mol. The van der Waals surface area contributed by atoms with Crippen molar-refractivity contribution in [3.05, 3.63) is 17.0 Å². The molecule has 2 N–H and O–H groups in total. The molecule has 6 nitrogen and oxygen atoms in total. The predicted octanol–water partition coefficient (Wildman–Crippen LogP) is 0.551. The smallest absolute Gasteiger partial charge is 0.250 e. The van der Waals surface area contributed by atoms with Crippen LogP contribution in [0.3, 0.4) is 0 Å². The molecule has 1 aromatic rings. The fourth-order valence-electron chi connectivity index (χ4n) is 2.03. The van der Waals surface area contributed by atoms with E-state index in [-0.39, 0.29) is 6.54 Å². The zero-order chi connectivity index (χ0) is 14.6. The van der Waals surface area contributed by atoms with Crippen LogP contribution >= 0.6 is 11.3 Å². The van der Waals surface area contributed by atoms with Crippen LogP contribution in [0.5, 0.6) is 0 Å². The summed E-state index contributed by atoms with van der Waals surface area (Å²) in [6.07, 6.45) is 0.696. The van der Waals surface area contributed by atoms with E-state index < -0.39 is 15.6 Å². The van der Waals surface area contributed by atoms with Crippen LogP contribution in [0.1, 0.15) is 11.3 Å². The van der Waals surface area contributed by atoms with E-state index in [1.54, 1.807) is 13.2 Å². The molecular formula is C12H20N2O4S2. The van der Waals surface area contributed by atoms with E-state index in [0.29, 0.717) is 30.4 Å². The molecule has 1 saturated heterocycles. The molecule has 0 saturated carbocycles. The number of rotatable bonds is 7. The lowest BCUT2D eigenvalue weighted by atomic mass is 10.0. The number of ether oxygens (including phenoxy) is 2. The lowest BCUT2D eigenvalue weighted by Gasteiger charge is -2.25. The van der Waals surface area contributed by atoms with Gasteiger partial charge in [0, 0.05) is 38.1 Å². The van der Waals surface area contributed by atoms with Gasteiger partial charge in [-0.25, -0.2) is 13.1 Å². The Hall–Kier alpha value is -0.510. The second-order valence-corrected chi connectivity index (χ2v) is 7.93. The van der Waals surface area contributed by atoms with Gasteiger partial charge in [0.1, 0.15) is 9.81 Å². The number of hydrogen-bond donors (Lipinski definition) is 2. The molecule has 0 amide bonds. The minimum Gasteiger partial charge on any atom is -0.378 e. The van der Waals surface area contributed by atoms with Gasteiger partial charge in [-0.1, -0.05) is 0 Å². The highest BCUT2D eigenvalue weighted by atomic mass is 32.2. The van der Waals surface area contributed by atoms with Gasteiger partial charge in [0.25, 0.3) is 0 Å². The highest BCUT2D eigenvalue weighted by Crippen LogP contribution is 2.24. The fourth-order valence-corrected chi connectivity index (χ4v) is 4.56. The van der Waals surface area contributed by atoms with Crippen molar-refractivity contribution >= 4 is 21.4 Å². The monoisotopic (exact) mass is 320 g/mol. The maximum atomic E-state index is 12.2. The molecule has 1 atom stereocenters. The summed E-state index contributed by atoms with van der Waals surface area (Å²) in [5.41, 5.74) is -0.544. The standard InChI is InChI=1S/C12H20N2O4S2/c1-13-7-10-3-4-11(19-10)20(15,16)14-8-12(17-2)5-6-18-9-12/h3-4,13-14H,5-9H2,1-2H3. The molecule has 114 valence electrons. The van der Waals surface area contributed by atoms with Crippen LogP contribution in [0.2, 0.25) is 0 Å². The maximum absolute atomic E-state index is 12.2. The van der Waals surface area contributed by atoms with E-state index in [9.17, 15) is 8.42 Å². The van der Waals surface area contributed by atoms with Gasteiger partial charge < -0.3 is 14.8 Å². The van der Waals surface area contributed by atoms with Gasteiger partial charge in [0.15, 0.2) is 0 Å². The van der Waals surface area contributed by atoms with Crippen LogP contribution in [0.15, 0.2) is 16.3 Å². The van der Waals surface area contributed by atoms with Crippen LogP contribution in [-0.2, 0) is 26.0 Å². The van der Waals surface area contributed by atoms with Gasteiger partial charge in [-0.15, -0.1) is 11.3 Å². The molecule has 2 rings (SSSR count). The van der Waals surface area contributed by atoms with E-state index in [1.807, 2.05) is 13.1 Å². The van der Waals surface area contributed by atoms with Gasteiger partial charge in [-0.2, -0.15) is 0 Å². The van der Waals surface area contributed by atoms with Crippen LogP contribution in [0, 0.1) is 0 Å². The molecule has 8 heteroatoms. The van der Waals surface area contributed by atoms with Crippen molar-refractivity contribution in [3.63, 3.8) is 0 Å². The molecule has 1 aromatic heterocycles.